The quantitative estimate of drug-likeness (QED) is 0.648. The molecule has 0 aliphatic carbocycles. The summed E-state index contributed by atoms with van der Waals surface area (Å²) in [4.78, 5) is 22.1. The molecular formula is C10H13Cl2NO2. The highest BCUT2D eigenvalue weighted by Crippen LogP contribution is 2.18. The van der Waals surface area contributed by atoms with Gasteiger partial charge in [0.15, 0.2) is 11.6 Å². The lowest BCUT2D eigenvalue weighted by atomic mass is 10.0. The summed E-state index contributed by atoms with van der Waals surface area (Å²) in [5.41, 5.74) is 6.74. The van der Waals surface area contributed by atoms with Gasteiger partial charge in [-0.2, -0.15) is 0 Å². The van der Waals surface area contributed by atoms with Crippen molar-refractivity contribution < 1.29 is 9.59 Å². The van der Waals surface area contributed by atoms with Gasteiger partial charge in [-0.05, 0) is 26.0 Å². The highest BCUT2D eigenvalue weighted by Gasteiger charge is 2.10. The Morgan fingerprint density at radius 2 is 1.33 bits per heavy atom. The summed E-state index contributed by atoms with van der Waals surface area (Å²) >= 11 is 0. The van der Waals surface area contributed by atoms with E-state index in [0.29, 0.717) is 11.1 Å². The molecule has 84 valence electrons. The van der Waals surface area contributed by atoms with Crippen molar-refractivity contribution in [1.82, 2.24) is 0 Å². The van der Waals surface area contributed by atoms with Crippen molar-refractivity contribution >= 4 is 42.1 Å². The van der Waals surface area contributed by atoms with Crippen LogP contribution in [-0.2, 0) is 0 Å². The summed E-state index contributed by atoms with van der Waals surface area (Å²) in [6, 6.07) is 4.89. The van der Waals surface area contributed by atoms with Gasteiger partial charge >= 0.3 is 0 Å². The number of halogens is 2. The summed E-state index contributed by atoms with van der Waals surface area (Å²) in [6.07, 6.45) is 0. The zero-order chi connectivity index (χ0) is 10.0. The molecule has 0 aliphatic rings. The number of rotatable bonds is 2. The molecule has 0 saturated carbocycles. The largest absolute Gasteiger partial charge is 0.398 e. The lowest BCUT2D eigenvalue weighted by Crippen LogP contribution is -2.05. The van der Waals surface area contributed by atoms with Crippen molar-refractivity contribution in [1.29, 1.82) is 0 Å². The van der Waals surface area contributed by atoms with Gasteiger partial charge in [0.25, 0.3) is 0 Å². The standard InChI is InChI=1S/C10H11NO2.2ClH/c1-6(12)8-4-3-5-9(7(2)13)10(8)11;;/h3-5H,11H2,1-2H3;2*1H. The second kappa shape index (κ2) is 6.43. The number of anilines is 1. The lowest BCUT2D eigenvalue weighted by Gasteiger charge is -2.05. The third-order valence-corrected chi connectivity index (χ3v) is 1.86. The molecule has 0 heterocycles. The third kappa shape index (κ3) is 3.53. The topological polar surface area (TPSA) is 60.2 Å². The van der Waals surface area contributed by atoms with Crippen LogP contribution in [0.2, 0.25) is 0 Å². The maximum Gasteiger partial charge on any atom is 0.161 e. The Labute approximate surface area is 101 Å². The Morgan fingerprint density at radius 3 is 1.60 bits per heavy atom. The SMILES string of the molecule is CC(=O)c1cccc(C(C)=O)c1N.Cl.Cl. The molecule has 1 aromatic rings. The van der Waals surface area contributed by atoms with Crippen LogP contribution in [0.1, 0.15) is 34.6 Å². The summed E-state index contributed by atoms with van der Waals surface area (Å²) < 4.78 is 0. The molecule has 0 bridgehead atoms. The molecular weight excluding hydrogens is 237 g/mol. The number of ketones is 2. The molecule has 0 spiro atoms. The maximum absolute atomic E-state index is 11.0. The molecule has 3 nitrogen and oxygen atoms in total. The van der Waals surface area contributed by atoms with Crippen LogP contribution in [0.4, 0.5) is 5.69 Å². The van der Waals surface area contributed by atoms with Crippen molar-refractivity contribution in [2.45, 2.75) is 13.8 Å². The molecule has 0 aliphatic heterocycles. The van der Waals surface area contributed by atoms with Crippen molar-refractivity contribution in [3.63, 3.8) is 0 Å². The number of hydrogen-bond acceptors (Lipinski definition) is 3. The van der Waals surface area contributed by atoms with E-state index in [2.05, 4.69) is 0 Å². The average Bonchev–Trinajstić information content (AvgIpc) is 2.03. The first kappa shape index (κ1) is 16.4. The minimum Gasteiger partial charge on any atom is -0.398 e. The number of carbonyl (C=O) groups excluding carboxylic acids is 2. The van der Waals surface area contributed by atoms with Crippen molar-refractivity contribution in [3.8, 4) is 0 Å². The molecule has 0 amide bonds. The fraction of sp³-hybridized carbons (Fsp3) is 0.200. The molecule has 5 heteroatoms. The Morgan fingerprint density at radius 1 is 1.00 bits per heavy atom. The lowest BCUT2D eigenvalue weighted by molar-refractivity contribution is 0.101. The molecule has 2 N–H and O–H groups in total. The van der Waals surface area contributed by atoms with Crippen LogP contribution in [0, 0.1) is 0 Å². The fourth-order valence-electron chi connectivity index (χ4n) is 1.18. The van der Waals surface area contributed by atoms with E-state index in [-0.39, 0.29) is 42.1 Å². The summed E-state index contributed by atoms with van der Waals surface area (Å²) in [5, 5.41) is 0. The molecule has 15 heavy (non-hydrogen) atoms. The van der Waals surface area contributed by atoms with E-state index in [0.717, 1.165) is 0 Å². The second-order valence-electron chi connectivity index (χ2n) is 2.88. The minimum atomic E-state index is -0.124. The van der Waals surface area contributed by atoms with Gasteiger partial charge in [0, 0.05) is 11.1 Å². The van der Waals surface area contributed by atoms with Crippen LogP contribution < -0.4 is 5.73 Å². The number of nitrogen functional groups attached to an aromatic ring is 1. The van der Waals surface area contributed by atoms with E-state index in [1.807, 2.05) is 0 Å². The van der Waals surface area contributed by atoms with Crippen LogP contribution in [0.5, 0.6) is 0 Å². The number of carbonyl (C=O) groups is 2. The molecule has 0 radical (unpaired) electrons. The first-order chi connectivity index (χ1) is 6.04. The van der Waals surface area contributed by atoms with Crippen LogP contribution >= 0.6 is 24.8 Å². The Hall–Kier alpha value is -1.06. The molecule has 1 rings (SSSR count). The van der Waals surface area contributed by atoms with Crippen molar-refractivity contribution in [2.75, 3.05) is 5.73 Å². The first-order valence-corrected chi connectivity index (χ1v) is 3.94. The molecule has 1 aromatic carbocycles. The van der Waals surface area contributed by atoms with Gasteiger partial charge in [-0.3, -0.25) is 9.59 Å². The van der Waals surface area contributed by atoms with Gasteiger partial charge in [-0.25, -0.2) is 0 Å². The summed E-state index contributed by atoms with van der Waals surface area (Å²) in [5.74, 6) is -0.249. The first-order valence-electron chi connectivity index (χ1n) is 3.94. The van der Waals surface area contributed by atoms with E-state index in [1.165, 1.54) is 13.8 Å². The van der Waals surface area contributed by atoms with Crippen molar-refractivity contribution in [3.05, 3.63) is 29.3 Å². The van der Waals surface area contributed by atoms with Crippen LogP contribution in [-0.4, -0.2) is 11.6 Å². The van der Waals surface area contributed by atoms with Gasteiger partial charge in [-0.15, -0.1) is 24.8 Å². The van der Waals surface area contributed by atoms with Crippen LogP contribution in [0.15, 0.2) is 18.2 Å². The van der Waals surface area contributed by atoms with Crippen LogP contribution in [0.25, 0.3) is 0 Å². The third-order valence-electron chi connectivity index (χ3n) is 1.86. The van der Waals surface area contributed by atoms with E-state index in [4.69, 9.17) is 5.73 Å². The summed E-state index contributed by atoms with van der Waals surface area (Å²) in [6.45, 7) is 2.85. The van der Waals surface area contributed by atoms with Crippen LogP contribution in [0.3, 0.4) is 0 Å². The normalized spacial score (nSPS) is 8.40. The van der Waals surface area contributed by atoms with Gasteiger partial charge in [-0.1, -0.05) is 6.07 Å². The average molecular weight is 250 g/mol. The van der Waals surface area contributed by atoms with E-state index in [9.17, 15) is 9.59 Å². The monoisotopic (exact) mass is 249 g/mol. The van der Waals surface area contributed by atoms with Gasteiger partial charge in [0.2, 0.25) is 0 Å². The molecule has 0 unspecified atom stereocenters. The Kier molecular flexibility index (Phi) is 7.02. The van der Waals surface area contributed by atoms with Crippen molar-refractivity contribution in [2.24, 2.45) is 0 Å². The predicted molar refractivity (Wildman–Crippen MR) is 65.4 cm³/mol. The number of benzene rings is 1. The van der Waals surface area contributed by atoms with Gasteiger partial charge in [0.05, 0.1) is 5.69 Å². The predicted octanol–water partition coefficient (Wildman–Crippen LogP) is 2.52. The maximum atomic E-state index is 11.0. The van der Waals surface area contributed by atoms with Gasteiger partial charge in [0.1, 0.15) is 0 Å². The smallest absolute Gasteiger partial charge is 0.161 e. The number of hydrogen-bond donors (Lipinski definition) is 1. The molecule has 0 saturated heterocycles. The number of Topliss-reactive ketones (excluding diaryl/α,β-unsaturated/α-hetero) is 2. The number of nitrogens with two attached hydrogens (primary N) is 1. The Bertz CT molecular complexity index is 345. The fourth-order valence-corrected chi connectivity index (χ4v) is 1.18. The minimum absolute atomic E-state index is 0. The zero-order valence-electron chi connectivity index (χ0n) is 8.44. The van der Waals surface area contributed by atoms with E-state index in [1.54, 1.807) is 18.2 Å². The summed E-state index contributed by atoms with van der Waals surface area (Å²) in [7, 11) is 0. The van der Waals surface area contributed by atoms with E-state index < -0.39 is 0 Å². The second-order valence-corrected chi connectivity index (χ2v) is 2.88. The molecule has 0 atom stereocenters. The zero-order valence-corrected chi connectivity index (χ0v) is 10.1. The highest BCUT2D eigenvalue weighted by atomic mass is 35.5. The van der Waals surface area contributed by atoms with E-state index >= 15 is 0 Å². The molecule has 0 fully saturated rings. The van der Waals surface area contributed by atoms with Gasteiger partial charge < -0.3 is 5.73 Å². The number of para-hydroxylation sites is 1. The molecule has 0 aromatic heterocycles. The highest BCUT2D eigenvalue weighted by molar-refractivity contribution is 6.07. The Balaban J connectivity index is 0.